The lowest BCUT2D eigenvalue weighted by molar-refractivity contribution is 0.0959. The van der Waals surface area contributed by atoms with Crippen LogP contribution in [0.3, 0.4) is 0 Å². The van der Waals surface area contributed by atoms with Crippen LogP contribution in [0.2, 0.25) is 0 Å². The lowest BCUT2D eigenvalue weighted by Gasteiger charge is -2.11. The summed E-state index contributed by atoms with van der Waals surface area (Å²) in [6.45, 7) is 0.437. The van der Waals surface area contributed by atoms with Crippen molar-refractivity contribution in [3.05, 3.63) is 82.0 Å². The van der Waals surface area contributed by atoms with Gasteiger partial charge in [-0.05, 0) is 40.8 Å². The lowest BCUT2D eigenvalue weighted by Crippen LogP contribution is -2.16. The minimum absolute atomic E-state index is 0.231. The Morgan fingerprint density at radius 2 is 1.96 bits per heavy atom. The maximum atomic E-state index is 11.9. The van der Waals surface area contributed by atoms with Gasteiger partial charge in [0.05, 0.1) is 18.2 Å². The van der Waals surface area contributed by atoms with Crippen molar-refractivity contribution in [1.82, 2.24) is 5.43 Å². The number of methoxy groups -OCH3 is 1. The maximum Gasteiger partial charge on any atom is 0.281 e. The van der Waals surface area contributed by atoms with Crippen LogP contribution in [0.5, 0.6) is 11.5 Å². The third-order valence-corrected chi connectivity index (χ3v) is 4.42. The van der Waals surface area contributed by atoms with Crippen molar-refractivity contribution in [1.29, 1.82) is 0 Å². The number of hydrogen-bond donors (Lipinski definition) is 1. The standard InChI is InChI=1S/C20H18N2O3S/c1-24-17-10-9-16(13-21-22-20(23)19-8-5-11-26-19)12-18(17)25-14-15-6-3-2-4-7-15/h2-13H,14H2,1H3,(H,22,23). The number of hydrazone groups is 1. The molecule has 1 heterocycles. The van der Waals surface area contributed by atoms with E-state index in [0.29, 0.717) is 23.0 Å². The van der Waals surface area contributed by atoms with Crippen LogP contribution in [-0.4, -0.2) is 19.2 Å². The number of nitrogens with zero attached hydrogens (tertiary/aromatic N) is 1. The van der Waals surface area contributed by atoms with Crippen LogP contribution in [-0.2, 0) is 6.61 Å². The molecular formula is C20H18N2O3S. The number of amides is 1. The van der Waals surface area contributed by atoms with Gasteiger partial charge in [0.15, 0.2) is 11.5 Å². The average Bonchev–Trinajstić information content (AvgIpc) is 3.22. The van der Waals surface area contributed by atoms with Gasteiger partial charge in [-0.15, -0.1) is 11.3 Å². The minimum atomic E-state index is -0.231. The van der Waals surface area contributed by atoms with Gasteiger partial charge in [-0.2, -0.15) is 5.10 Å². The Morgan fingerprint density at radius 3 is 2.69 bits per heavy atom. The average molecular weight is 366 g/mol. The summed E-state index contributed by atoms with van der Waals surface area (Å²) in [7, 11) is 1.60. The zero-order valence-corrected chi connectivity index (χ0v) is 15.0. The molecule has 0 aliphatic heterocycles. The molecule has 1 aromatic heterocycles. The fourth-order valence-electron chi connectivity index (χ4n) is 2.25. The van der Waals surface area contributed by atoms with E-state index in [1.54, 1.807) is 19.4 Å². The largest absolute Gasteiger partial charge is 0.493 e. The number of hydrogen-bond acceptors (Lipinski definition) is 5. The van der Waals surface area contributed by atoms with Gasteiger partial charge in [0.25, 0.3) is 5.91 Å². The molecule has 0 saturated heterocycles. The first-order valence-electron chi connectivity index (χ1n) is 7.98. The van der Waals surface area contributed by atoms with E-state index in [4.69, 9.17) is 9.47 Å². The van der Waals surface area contributed by atoms with Crippen LogP contribution >= 0.6 is 11.3 Å². The van der Waals surface area contributed by atoms with E-state index in [2.05, 4.69) is 10.5 Å². The second-order valence-electron chi connectivity index (χ2n) is 5.36. The highest BCUT2D eigenvalue weighted by molar-refractivity contribution is 7.12. The van der Waals surface area contributed by atoms with E-state index >= 15 is 0 Å². The number of nitrogens with one attached hydrogen (secondary N) is 1. The quantitative estimate of drug-likeness (QED) is 0.506. The van der Waals surface area contributed by atoms with Gasteiger partial charge in [-0.25, -0.2) is 5.43 Å². The van der Waals surface area contributed by atoms with E-state index in [9.17, 15) is 4.79 Å². The molecule has 3 aromatic rings. The molecule has 0 fully saturated rings. The summed E-state index contributed by atoms with van der Waals surface area (Å²) < 4.78 is 11.2. The lowest BCUT2D eigenvalue weighted by atomic mass is 10.2. The van der Waals surface area contributed by atoms with Crippen LogP contribution < -0.4 is 14.9 Å². The van der Waals surface area contributed by atoms with E-state index in [1.807, 2.05) is 60.0 Å². The van der Waals surface area contributed by atoms with Gasteiger partial charge in [0.2, 0.25) is 0 Å². The van der Waals surface area contributed by atoms with Crippen molar-refractivity contribution in [2.75, 3.05) is 7.11 Å². The molecule has 3 rings (SSSR count). The van der Waals surface area contributed by atoms with Crippen molar-refractivity contribution < 1.29 is 14.3 Å². The van der Waals surface area contributed by atoms with Crippen molar-refractivity contribution in [2.45, 2.75) is 6.61 Å². The molecule has 1 amide bonds. The topological polar surface area (TPSA) is 59.9 Å². The summed E-state index contributed by atoms with van der Waals surface area (Å²) in [6.07, 6.45) is 1.57. The summed E-state index contributed by atoms with van der Waals surface area (Å²) in [4.78, 5) is 12.5. The van der Waals surface area contributed by atoms with Crippen LogP contribution in [0.4, 0.5) is 0 Å². The Labute approximate surface area is 155 Å². The van der Waals surface area contributed by atoms with Gasteiger partial charge < -0.3 is 9.47 Å². The number of carbonyl (C=O) groups is 1. The monoisotopic (exact) mass is 366 g/mol. The number of thiophene rings is 1. The number of rotatable bonds is 7. The molecule has 26 heavy (non-hydrogen) atoms. The van der Waals surface area contributed by atoms with E-state index in [1.165, 1.54) is 11.3 Å². The Morgan fingerprint density at radius 1 is 1.12 bits per heavy atom. The molecule has 132 valence electrons. The number of carbonyl (C=O) groups excluding carboxylic acids is 1. The summed E-state index contributed by atoms with van der Waals surface area (Å²) >= 11 is 1.37. The van der Waals surface area contributed by atoms with Crippen LogP contribution in [0.15, 0.2) is 71.1 Å². The first-order chi connectivity index (χ1) is 12.8. The molecule has 0 aliphatic rings. The Kier molecular flexibility index (Phi) is 6.01. The molecule has 0 aliphatic carbocycles. The zero-order valence-electron chi connectivity index (χ0n) is 14.2. The second kappa shape index (κ2) is 8.82. The molecule has 0 radical (unpaired) electrons. The molecule has 6 heteroatoms. The van der Waals surface area contributed by atoms with Crippen LogP contribution in [0, 0.1) is 0 Å². The van der Waals surface area contributed by atoms with Crippen molar-refractivity contribution >= 4 is 23.5 Å². The molecular weight excluding hydrogens is 348 g/mol. The molecule has 5 nitrogen and oxygen atoms in total. The van der Waals surface area contributed by atoms with Gasteiger partial charge in [-0.1, -0.05) is 36.4 Å². The van der Waals surface area contributed by atoms with Crippen molar-refractivity contribution in [2.24, 2.45) is 5.10 Å². The molecule has 0 unspecified atom stereocenters. The molecule has 0 saturated carbocycles. The Hall–Kier alpha value is -3.12. The highest BCUT2D eigenvalue weighted by Crippen LogP contribution is 2.28. The first kappa shape index (κ1) is 17.7. The predicted octanol–water partition coefficient (Wildman–Crippen LogP) is 4.10. The SMILES string of the molecule is COc1ccc(C=NNC(=O)c2cccs2)cc1OCc1ccccc1. The third kappa shape index (κ3) is 4.70. The van der Waals surface area contributed by atoms with Gasteiger partial charge in [-0.3, -0.25) is 4.79 Å². The van der Waals surface area contributed by atoms with Crippen molar-refractivity contribution in [3.63, 3.8) is 0 Å². The minimum Gasteiger partial charge on any atom is -0.493 e. The van der Waals surface area contributed by atoms with Gasteiger partial charge >= 0.3 is 0 Å². The normalized spacial score (nSPS) is 10.7. The fourth-order valence-corrected chi connectivity index (χ4v) is 2.86. The predicted molar refractivity (Wildman–Crippen MR) is 103 cm³/mol. The maximum absolute atomic E-state index is 11.9. The fraction of sp³-hybridized carbons (Fsp3) is 0.100. The number of benzene rings is 2. The summed E-state index contributed by atoms with van der Waals surface area (Å²) in [6, 6.07) is 18.9. The Balaban J connectivity index is 1.66. The first-order valence-corrected chi connectivity index (χ1v) is 8.86. The molecule has 0 atom stereocenters. The van der Waals surface area contributed by atoms with Crippen LogP contribution in [0.25, 0.3) is 0 Å². The molecule has 0 bridgehead atoms. The summed E-state index contributed by atoms with van der Waals surface area (Å²) in [5.74, 6) is 1.02. The molecule has 2 aromatic carbocycles. The highest BCUT2D eigenvalue weighted by Gasteiger charge is 2.07. The third-order valence-electron chi connectivity index (χ3n) is 3.55. The smallest absolute Gasteiger partial charge is 0.281 e. The Bertz CT molecular complexity index is 877. The van der Waals surface area contributed by atoms with Gasteiger partial charge in [0, 0.05) is 0 Å². The van der Waals surface area contributed by atoms with E-state index < -0.39 is 0 Å². The summed E-state index contributed by atoms with van der Waals surface area (Å²) in [5.41, 5.74) is 4.37. The van der Waals surface area contributed by atoms with Crippen molar-refractivity contribution in [3.8, 4) is 11.5 Å². The van der Waals surface area contributed by atoms with Gasteiger partial charge in [0.1, 0.15) is 6.61 Å². The van der Waals surface area contributed by atoms with E-state index in [-0.39, 0.29) is 5.91 Å². The highest BCUT2D eigenvalue weighted by atomic mass is 32.1. The summed E-state index contributed by atoms with van der Waals surface area (Å²) in [5, 5.41) is 5.84. The van der Waals surface area contributed by atoms with Crippen LogP contribution in [0.1, 0.15) is 20.8 Å². The molecule has 1 N–H and O–H groups in total. The molecule has 0 spiro atoms. The van der Waals surface area contributed by atoms with E-state index in [0.717, 1.165) is 11.1 Å². The number of ether oxygens (including phenoxy) is 2. The zero-order chi connectivity index (χ0) is 18.2. The second-order valence-corrected chi connectivity index (χ2v) is 6.31.